The molecule has 2 fully saturated rings. The smallest absolute Gasteiger partial charge is 0.226 e. The molecule has 0 bridgehead atoms. The van der Waals surface area contributed by atoms with Gasteiger partial charge in [-0.05, 0) is 40.2 Å². The summed E-state index contributed by atoms with van der Waals surface area (Å²) < 4.78 is 5.57. The minimum Gasteiger partial charge on any atom is -0.375 e. The maximum Gasteiger partial charge on any atom is 0.226 e. The average molecular weight is 240 g/mol. The molecule has 4 heteroatoms. The molecule has 0 aromatic rings. The molecule has 17 heavy (non-hydrogen) atoms. The molecule has 2 aliphatic rings. The van der Waals surface area contributed by atoms with E-state index < -0.39 is 0 Å². The predicted molar refractivity (Wildman–Crippen MR) is 66.8 cm³/mol. The first-order chi connectivity index (χ1) is 8.08. The maximum absolute atomic E-state index is 12.5. The van der Waals surface area contributed by atoms with E-state index in [1.165, 1.54) is 0 Å². The molecule has 0 aliphatic carbocycles. The lowest BCUT2D eigenvalue weighted by molar-refractivity contribution is -0.148. The molecule has 1 N–H and O–H groups in total. The van der Waals surface area contributed by atoms with Crippen LogP contribution in [0, 0.1) is 5.92 Å². The zero-order valence-corrected chi connectivity index (χ0v) is 11.1. The number of morpholine rings is 1. The van der Waals surface area contributed by atoms with Gasteiger partial charge in [0.05, 0.1) is 18.8 Å². The van der Waals surface area contributed by atoms with Gasteiger partial charge in [0.1, 0.15) is 0 Å². The third kappa shape index (κ3) is 2.99. The number of carbonyl (C=O) groups excluding carboxylic acids is 1. The van der Waals surface area contributed by atoms with E-state index in [0.717, 1.165) is 25.9 Å². The second-order valence-corrected chi connectivity index (χ2v) is 5.56. The van der Waals surface area contributed by atoms with Gasteiger partial charge in [-0.1, -0.05) is 0 Å². The van der Waals surface area contributed by atoms with E-state index in [4.69, 9.17) is 4.74 Å². The van der Waals surface area contributed by atoms with Crippen LogP contribution in [0.5, 0.6) is 0 Å². The normalized spacial score (nSPS) is 39.1. The number of nitrogens with one attached hydrogen (secondary N) is 1. The highest BCUT2D eigenvalue weighted by Gasteiger charge is 2.33. The third-order valence-electron chi connectivity index (χ3n) is 3.86. The fraction of sp³-hybridized carbons (Fsp3) is 0.923. The van der Waals surface area contributed by atoms with Gasteiger partial charge < -0.3 is 15.0 Å². The van der Waals surface area contributed by atoms with Crippen molar-refractivity contribution in [3.8, 4) is 0 Å². The minimum atomic E-state index is 0.175. The number of nitrogens with zero attached hydrogens (tertiary/aromatic N) is 1. The summed E-state index contributed by atoms with van der Waals surface area (Å²) in [4.78, 5) is 14.5. The molecule has 0 radical (unpaired) electrons. The van der Waals surface area contributed by atoms with E-state index in [1.54, 1.807) is 0 Å². The molecule has 2 heterocycles. The zero-order chi connectivity index (χ0) is 12.4. The largest absolute Gasteiger partial charge is 0.375 e. The highest BCUT2D eigenvalue weighted by molar-refractivity contribution is 5.79. The van der Waals surface area contributed by atoms with Gasteiger partial charge in [0.2, 0.25) is 5.91 Å². The number of amides is 1. The molecule has 0 saturated carbocycles. The molecule has 2 unspecified atom stereocenters. The van der Waals surface area contributed by atoms with Crippen molar-refractivity contribution in [1.29, 1.82) is 0 Å². The summed E-state index contributed by atoms with van der Waals surface area (Å²) in [6.07, 6.45) is 2.12. The highest BCUT2D eigenvalue weighted by Crippen LogP contribution is 2.22. The van der Waals surface area contributed by atoms with Gasteiger partial charge in [0.25, 0.3) is 0 Å². The predicted octanol–water partition coefficient (Wildman–Crippen LogP) is 1.01. The van der Waals surface area contributed by atoms with Crippen molar-refractivity contribution >= 4 is 5.91 Å². The van der Waals surface area contributed by atoms with E-state index >= 15 is 0 Å². The summed E-state index contributed by atoms with van der Waals surface area (Å²) in [6, 6.07) is 0.690. The topological polar surface area (TPSA) is 41.6 Å². The molecule has 2 rings (SSSR count). The van der Waals surface area contributed by atoms with Crippen molar-refractivity contribution < 1.29 is 9.53 Å². The molecule has 98 valence electrons. The van der Waals surface area contributed by atoms with Gasteiger partial charge >= 0.3 is 0 Å². The van der Waals surface area contributed by atoms with Crippen LogP contribution in [0.2, 0.25) is 0 Å². The van der Waals surface area contributed by atoms with Crippen LogP contribution in [0.4, 0.5) is 0 Å². The number of rotatable bonds is 1. The number of hydrogen-bond donors (Lipinski definition) is 1. The van der Waals surface area contributed by atoms with Crippen molar-refractivity contribution in [2.75, 3.05) is 19.7 Å². The Hall–Kier alpha value is -0.610. The Labute approximate surface area is 104 Å². The maximum atomic E-state index is 12.5. The van der Waals surface area contributed by atoms with Gasteiger partial charge in [-0.2, -0.15) is 0 Å². The summed E-state index contributed by atoms with van der Waals surface area (Å²) in [5.74, 6) is 0.542. The summed E-state index contributed by atoms with van der Waals surface area (Å²) in [7, 11) is 0. The molecule has 2 aliphatic heterocycles. The van der Waals surface area contributed by atoms with Crippen LogP contribution in [-0.4, -0.2) is 48.7 Å². The van der Waals surface area contributed by atoms with Gasteiger partial charge in [-0.15, -0.1) is 0 Å². The summed E-state index contributed by atoms with van der Waals surface area (Å²) in [5.41, 5.74) is 0. The molecule has 0 aromatic heterocycles. The molecule has 4 nitrogen and oxygen atoms in total. The minimum absolute atomic E-state index is 0.175. The van der Waals surface area contributed by atoms with Crippen LogP contribution in [0.25, 0.3) is 0 Å². The lowest BCUT2D eigenvalue weighted by Gasteiger charge is -2.40. The SMILES string of the molecule is CC1CN(C(=O)[C@H]2CCN[C@@H](C)C2)C(C)CO1. The van der Waals surface area contributed by atoms with Crippen molar-refractivity contribution in [3.05, 3.63) is 0 Å². The lowest BCUT2D eigenvalue weighted by Crippen LogP contribution is -2.53. The van der Waals surface area contributed by atoms with Gasteiger partial charge in [0.15, 0.2) is 0 Å². The third-order valence-corrected chi connectivity index (χ3v) is 3.86. The van der Waals surface area contributed by atoms with Crippen LogP contribution in [0.3, 0.4) is 0 Å². The molecular weight excluding hydrogens is 216 g/mol. The molecular formula is C13H24N2O2. The van der Waals surface area contributed by atoms with E-state index in [9.17, 15) is 4.79 Å². The first-order valence-corrected chi connectivity index (χ1v) is 6.73. The van der Waals surface area contributed by atoms with Gasteiger partial charge in [0, 0.05) is 18.5 Å². The van der Waals surface area contributed by atoms with E-state index in [-0.39, 0.29) is 18.1 Å². The summed E-state index contributed by atoms with van der Waals surface area (Å²) in [6.45, 7) is 8.66. The quantitative estimate of drug-likeness (QED) is 0.744. The average Bonchev–Trinajstić information content (AvgIpc) is 2.31. The zero-order valence-electron chi connectivity index (χ0n) is 11.1. The van der Waals surface area contributed by atoms with E-state index in [0.29, 0.717) is 18.6 Å². The first-order valence-electron chi connectivity index (χ1n) is 6.73. The Morgan fingerprint density at radius 1 is 1.35 bits per heavy atom. The van der Waals surface area contributed by atoms with Gasteiger partial charge in [-0.25, -0.2) is 0 Å². The Morgan fingerprint density at radius 2 is 2.12 bits per heavy atom. The van der Waals surface area contributed by atoms with E-state index in [2.05, 4.69) is 19.2 Å². The van der Waals surface area contributed by atoms with Crippen LogP contribution in [0.15, 0.2) is 0 Å². The number of hydrogen-bond acceptors (Lipinski definition) is 3. The first kappa shape index (κ1) is 12.8. The van der Waals surface area contributed by atoms with Crippen LogP contribution >= 0.6 is 0 Å². The van der Waals surface area contributed by atoms with Gasteiger partial charge in [-0.3, -0.25) is 4.79 Å². The molecule has 1 amide bonds. The molecule has 4 atom stereocenters. The Kier molecular flexibility index (Phi) is 4.05. The molecule has 0 aromatic carbocycles. The second-order valence-electron chi connectivity index (χ2n) is 5.56. The number of carbonyl (C=O) groups is 1. The lowest BCUT2D eigenvalue weighted by atomic mass is 9.91. The number of piperidine rings is 1. The summed E-state index contributed by atoms with van der Waals surface area (Å²) in [5, 5.41) is 3.39. The molecule has 2 saturated heterocycles. The number of ether oxygens (including phenoxy) is 1. The van der Waals surface area contributed by atoms with Crippen LogP contribution in [0.1, 0.15) is 33.6 Å². The Balaban J connectivity index is 1.97. The van der Waals surface area contributed by atoms with Crippen molar-refractivity contribution in [3.63, 3.8) is 0 Å². The standard InChI is InChI=1S/C13H24N2O2/c1-9-6-12(4-5-14-9)13(16)15-7-11(3)17-8-10(15)2/h9-12,14H,4-8H2,1-3H3/t9-,10?,11?,12-/m0/s1. The van der Waals surface area contributed by atoms with Crippen molar-refractivity contribution in [1.82, 2.24) is 10.2 Å². The van der Waals surface area contributed by atoms with Crippen LogP contribution in [-0.2, 0) is 9.53 Å². The van der Waals surface area contributed by atoms with E-state index in [1.807, 2.05) is 11.8 Å². The fourth-order valence-corrected chi connectivity index (χ4v) is 2.80. The fourth-order valence-electron chi connectivity index (χ4n) is 2.80. The van der Waals surface area contributed by atoms with Crippen LogP contribution < -0.4 is 5.32 Å². The summed E-state index contributed by atoms with van der Waals surface area (Å²) >= 11 is 0. The van der Waals surface area contributed by atoms with Crippen molar-refractivity contribution in [2.45, 2.75) is 51.8 Å². The molecule has 0 spiro atoms. The Bertz CT molecular complexity index is 283. The second kappa shape index (κ2) is 5.36. The monoisotopic (exact) mass is 240 g/mol. The van der Waals surface area contributed by atoms with Crippen molar-refractivity contribution in [2.24, 2.45) is 5.92 Å². The highest BCUT2D eigenvalue weighted by atomic mass is 16.5. The Morgan fingerprint density at radius 3 is 2.82 bits per heavy atom.